The van der Waals surface area contributed by atoms with E-state index in [9.17, 15) is 9.36 Å². The van der Waals surface area contributed by atoms with Gasteiger partial charge in [0.05, 0.1) is 11.9 Å². The van der Waals surface area contributed by atoms with Gasteiger partial charge in [-0.25, -0.2) is 0 Å². The second-order valence-electron chi connectivity index (χ2n) is 8.18. The van der Waals surface area contributed by atoms with E-state index >= 15 is 0 Å². The van der Waals surface area contributed by atoms with Crippen LogP contribution in [-0.2, 0) is 24.5 Å². The molecule has 0 saturated heterocycles. The zero-order valence-electron chi connectivity index (χ0n) is 17.4. The molecular weight excluding hydrogens is 387 g/mol. The number of rotatable bonds is 12. The van der Waals surface area contributed by atoms with E-state index in [1.807, 2.05) is 48.9 Å². The van der Waals surface area contributed by atoms with Gasteiger partial charge in [0.25, 0.3) is 0 Å². The molecule has 0 saturated carbocycles. The van der Waals surface area contributed by atoms with Crippen molar-refractivity contribution in [1.82, 2.24) is 4.57 Å². The molecule has 4 N–H and O–H groups in total. The van der Waals surface area contributed by atoms with E-state index in [-0.39, 0.29) is 18.4 Å². The Balaban J connectivity index is 1.81. The maximum absolute atomic E-state index is 12.6. The Labute approximate surface area is 173 Å². The lowest BCUT2D eigenvalue weighted by atomic mass is 9.93. The van der Waals surface area contributed by atoms with Gasteiger partial charge < -0.3 is 20.1 Å². The summed E-state index contributed by atoms with van der Waals surface area (Å²) >= 11 is 0. The van der Waals surface area contributed by atoms with Crippen molar-refractivity contribution in [2.24, 2.45) is 12.8 Å². The third-order valence-corrected chi connectivity index (χ3v) is 6.21. The van der Waals surface area contributed by atoms with Crippen molar-refractivity contribution in [3.8, 4) is 0 Å². The minimum atomic E-state index is -4.04. The van der Waals surface area contributed by atoms with E-state index < -0.39 is 13.1 Å². The summed E-state index contributed by atoms with van der Waals surface area (Å²) in [4.78, 5) is 30.7. The first-order chi connectivity index (χ1) is 13.6. The molecule has 1 atom stereocenters. The molecule has 0 aliphatic heterocycles. The summed E-state index contributed by atoms with van der Waals surface area (Å²) in [6.45, 7) is 1.81. The second-order valence-corrected chi connectivity index (χ2v) is 9.95. The Bertz CT molecular complexity index is 840. The number of nitrogens with two attached hydrogens (primary N) is 1. The fourth-order valence-electron chi connectivity index (χ4n) is 3.41. The summed E-state index contributed by atoms with van der Waals surface area (Å²) in [7, 11) is -2.15. The van der Waals surface area contributed by atoms with Crippen LogP contribution in [0.3, 0.4) is 0 Å². The van der Waals surface area contributed by atoms with Crippen molar-refractivity contribution in [1.29, 1.82) is 0 Å². The van der Waals surface area contributed by atoms with E-state index in [4.69, 9.17) is 15.5 Å². The summed E-state index contributed by atoms with van der Waals surface area (Å²) in [5, 5.41) is 0. The first-order valence-corrected chi connectivity index (χ1v) is 11.9. The molecule has 0 aliphatic carbocycles. The summed E-state index contributed by atoms with van der Waals surface area (Å²) in [6, 6.07) is 14.1. The third-order valence-electron chi connectivity index (χ3n) is 5.40. The highest BCUT2D eigenvalue weighted by Gasteiger charge is 2.24. The van der Waals surface area contributed by atoms with Gasteiger partial charge in [0, 0.05) is 24.7 Å². The average Bonchev–Trinajstić information content (AvgIpc) is 3.03. The van der Waals surface area contributed by atoms with Gasteiger partial charge in [-0.05, 0) is 63.1 Å². The summed E-state index contributed by atoms with van der Waals surface area (Å²) in [5.41, 5.74) is 8.54. The summed E-state index contributed by atoms with van der Waals surface area (Å²) in [6.07, 6.45) is 4.66. The maximum atomic E-state index is 12.6. The number of Topliss-reactive ketones (excluding diaryl/α,β-unsaturated/α-hetero) is 1. The van der Waals surface area contributed by atoms with E-state index in [1.54, 1.807) is 0 Å². The number of carbonyl (C=O) groups is 1. The smallest absolute Gasteiger partial charge is 0.325 e. The molecule has 1 aromatic heterocycles. The Hall–Kier alpha value is -1.72. The minimum absolute atomic E-state index is 0.142. The van der Waals surface area contributed by atoms with Gasteiger partial charge in [0.15, 0.2) is 5.78 Å². The van der Waals surface area contributed by atoms with Gasteiger partial charge in [-0.15, -0.1) is 0 Å². The van der Waals surface area contributed by atoms with Gasteiger partial charge in [0.1, 0.15) is 0 Å². The maximum Gasteiger partial charge on any atom is 0.325 e. The van der Waals surface area contributed by atoms with Gasteiger partial charge >= 0.3 is 7.60 Å². The predicted molar refractivity (Wildman–Crippen MR) is 116 cm³/mol. The van der Waals surface area contributed by atoms with Crippen molar-refractivity contribution in [2.45, 2.75) is 57.4 Å². The van der Waals surface area contributed by atoms with Crippen LogP contribution in [0.2, 0.25) is 0 Å². The molecule has 0 fully saturated rings. The molecule has 0 spiro atoms. The highest BCUT2D eigenvalue weighted by atomic mass is 31.2. The quantitative estimate of drug-likeness (QED) is 0.275. The SMILES string of the molecule is Cn1c(CCC(C)(N)CCP(=O)(O)O)ccc1C(=O)CCCCc1ccccc1. The van der Waals surface area contributed by atoms with Crippen LogP contribution in [0.1, 0.15) is 60.8 Å². The predicted octanol–water partition coefficient (Wildman–Crippen LogP) is 3.84. The molecule has 1 aromatic carbocycles. The van der Waals surface area contributed by atoms with Crippen LogP contribution >= 0.6 is 7.60 Å². The van der Waals surface area contributed by atoms with E-state index in [1.165, 1.54) is 5.56 Å². The normalized spacial score (nSPS) is 14.0. The van der Waals surface area contributed by atoms with Crippen molar-refractivity contribution in [3.05, 3.63) is 59.4 Å². The fraction of sp³-hybridized carbons (Fsp3) is 0.500. The lowest BCUT2D eigenvalue weighted by Crippen LogP contribution is -2.37. The molecule has 29 heavy (non-hydrogen) atoms. The molecule has 6 nitrogen and oxygen atoms in total. The molecule has 1 unspecified atom stereocenters. The Kier molecular flexibility index (Phi) is 8.41. The van der Waals surface area contributed by atoms with E-state index in [0.717, 1.165) is 25.0 Å². The van der Waals surface area contributed by atoms with Gasteiger partial charge in [-0.3, -0.25) is 9.36 Å². The zero-order valence-corrected chi connectivity index (χ0v) is 18.3. The number of aromatic nitrogens is 1. The molecule has 0 amide bonds. The van der Waals surface area contributed by atoms with Crippen molar-refractivity contribution in [2.75, 3.05) is 6.16 Å². The van der Waals surface area contributed by atoms with Crippen molar-refractivity contribution < 1.29 is 19.1 Å². The third kappa shape index (κ3) is 8.27. The molecule has 7 heteroatoms. The standard InChI is InChI=1S/C22H33N2O4P/c1-22(23,16-17-29(26,27)28)15-14-19-12-13-20(24(19)2)21(25)11-7-6-10-18-8-4-3-5-9-18/h3-5,8-9,12-13H,6-7,10-11,14-17,23H2,1-2H3,(H2,26,27,28). The van der Waals surface area contributed by atoms with E-state index in [2.05, 4.69) is 12.1 Å². The summed E-state index contributed by atoms with van der Waals surface area (Å²) in [5.74, 6) is 0.142. The number of nitrogens with zero attached hydrogens (tertiary/aromatic N) is 1. The topological polar surface area (TPSA) is 106 Å². The van der Waals surface area contributed by atoms with Gasteiger partial charge in [0.2, 0.25) is 0 Å². The van der Waals surface area contributed by atoms with Crippen LogP contribution < -0.4 is 5.73 Å². The van der Waals surface area contributed by atoms with Crippen LogP contribution in [0.4, 0.5) is 0 Å². The fourth-order valence-corrected chi connectivity index (χ4v) is 4.21. The number of aryl methyl sites for hydroxylation is 2. The van der Waals surface area contributed by atoms with Crippen molar-refractivity contribution in [3.63, 3.8) is 0 Å². The van der Waals surface area contributed by atoms with E-state index in [0.29, 0.717) is 25.0 Å². The number of ketones is 1. The van der Waals surface area contributed by atoms with Crippen molar-refractivity contribution >= 4 is 13.4 Å². The first-order valence-electron chi connectivity index (χ1n) is 10.1. The molecule has 1 heterocycles. The zero-order chi connectivity index (χ0) is 21.5. The molecule has 0 aliphatic rings. The molecule has 0 radical (unpaired) electrons. The molecule has 0 bridgehead atoms. The highest BCUT2D eigenvalue weighted by molar-refractivity contribution is 7.51. The Morgan fingerprint density at radius 3 is 2.41 bits per heavy atom. The average molecular weight is 420 g/mol. The number of unbranched alkanes of at least 4 members (excludes halogenated alkanes) is 1. The number of carbonyl (C=O) groups excluding carboxylic acids is 1. The largest absolute Gasteiger partial charge is 0.345 e. The van der Waals surface area contributed by atoms with Crippen LogP contribution in [0, 0.1) is 0 Å². The van der Waals surface area contributed by atoms with Crippen LogP contribution in [0.15, 0.2) is 42.5 Å². The first kappa shape index (κ1) is 23.6. The number of benzene rings is 1. The molecular formula is C22H33N2O4P. The molecule has 160 valence electrons. The monoisotopic (exact) mass is 420 g/mol. The summed E-state index contributed by atoms with van der Waals surface area (Å²) < 4.78 is 13.0. The Morgan fingerprint density at radius 2 is 1.76 bits per heavy atom. The molecule has 2 rings (SSSR count). The second kappa shape index (κ2) is 10.4. The number of hydrogen-bond acceptors (Lipinski definition) is 3. The minimum Gasteiger partial charge on any atom is -0.345 e. The highest BCUT2D eigenvalue weighted by Crippen LogP contribution is 2.37. The Morgan fingerprint density at radius 1 is 1.07 bits per heavy atom. The lowest BCUT2D eigenvalue weighted by molar-refractivity contribution is 0.0971. The number of hydrogen-bond donors (Lipinski definition) is 3. The molecule has 2 aromatic rings. The van der Waals surface area contributed by atoms with Crippen LogP contribution in [-0.4, -0.2) is 31.8 Å². The van der Waals surface area contributed by atoms with Crippen LogP contribution in [0.25, 0.3) is 0 Å². The van der Waals surface area contributed by atoms with Gasteiger partial charge in [-0.2, -0.15) is 0 Å². The lowest BCUT2D eigenvalue weighted by Gasteiger charge is -2.25. The van der Waals surface area contributed by atoms with Crippen LogP contribution in [0.5, 0.6) is 0 Å². The van der Waals surface area contributed by atoms with Gasteiger partial charge in [-0.1, -0.05) is 30.3 Å².